The van der Waals surface area contributed by atoms with Gasteiger partial charge in [0.1, 0.15) is 6.04 Å². The lowest BCUT2D eigenvalue weighted by Crippen LogP contribution is -2.51. The van der Waals surface area contributed by atoms with Crippen LogP contribution in [0.15, 0.2) is 0 Å². The highest BCUT2D eigenvalue weighted by atomic mass is 32.2. The average molecular weight is 276 g/mol. The molecule has 0 spiro atoms. The molecule has 0 fully saturated rings. The number of carbonyl (C=O) groups is 2. The molecule has 18 heavy (non-hydrogen) atoms. The molecule has 1 amide bonds. The van der Waals surface area contributed by atoms with Crippen molar-refractivity contribution in [1.29, 1.82) is 0 Å². The molecule has 6 heteroatoms. The topological polar surface area (TPSA) is 81.4 Å². The van der Waals surface area contributed by atoms with Gasteiger partial charge in [0.05, 0.1) is 13.2 Å². The van der Waals surface area contributed by atoms with Crippen molar-refractivity contribution in [2.24, 2.45) is 11.7 Å². The maximum atomic E-state index is 11.8. The van der Waals surface area contributed by atoms with Gasteiger partial charge in [0.2, 0.25) is 5.91 Å². The third-order valence-electron chi connectivity index (χ3n) is 2.94. The summed E-state index contributed by atoms with van der Waals surface area (Å²) >= 11 is 1.64. The van der Waals surface area contributed by atoms with Gasteiger partial charge in [-0.15, -0.1) is 0 Å². The van der Waals surface area contributed by atoms with E-state index in [0.717, 1.165) is 12.2 Å². The van der Waals surface area contributed by atoms with Crippen molar-refractivity contribution >= 4 is 23.6 Å². The first-order valence-electron chi connectivity index (χ1n) is 6.10. The van der Waals surface area contributed by atoms with Gasteiger partial charge < -0.3 is 15.8 Å². The van der Waals surface area contributed by atoms with Crippen LogP contribution in [0.25, 0.3) is 0 Å². The standard InChI is InChI=1S/C12H24N2O3S/c1-5-8(2)10(12(16)17-3)14-11(15)9(13)6-7-18-4/h8-10H,5-7,13H2,1-4H3,(H,14,15)/t8-,9-,10-/m0/s1. The molecule has 0 aliphatic heterocycles. The summed E-state index contributed by atoms with van der Waals surface area (Å²) in [5, 5.41) is 2.68. The van der Waals surface area contributed by atoms with E-state index in [4.69, 9.17) is 10.5 Å². The van der Waals surface area contributed by atoms with Gasteiger partial charge in [0.25, 0.3) is 0 Å². The van der Waals surface area contributed by atoms with Crippen LogP contribution in [0.1, 0.15) is 26.7 Å². The number of nitrogens with one attached hydrogen (secondary N) is 1. The van der Waals surface area contributed by atoms with Gasteiger partial charge in [-0.1, -0.05) is 20.3 Å². The summed E-state index contributed by atoms with van der Waals surface area (Å²) in [6.45, 7) is 3.86. The Morgan fingerprint density at radius 2 is 2.06 bits per heavy atom. The molecule has 0 aliphatic rings. The van der Waals surface area contributed by atoms with Crippen molar-refractivity contribution in [2.45, 2.75) is 38.8 Å². The van der Waals surface area contributed by atoms with Crippen molar-refractivity contribution < 1.29 is 14.3 Å². The summed E-state index contributed by atoms with van der Waals surface area (Å²) in [6.07, 6.45) is 3.34. The number of hydrogen-bond acceptors (Lipinski definition) is 5. The van der Waals surface area contributed by atoms with Crippen LogP contribution in [-0.2, 0) is 14.3 Å². The molecule has 0 aliphatic carbocycles. The maximum absolute atomic E-state index is 11.8. The molecule has 106 valence electrons. The second-order valence-electron chi connectivity index (χ2n) is 4.28. The van der Waals surface area contributed by atoms with Crippen molar-refractivity contribution in [3.63, 3.8) is 0 Å². The number of carbonyl (C=O) groups excluding carboxylic acids is 2. The van der Waals surface area contributed by atoms with Crippen LogP contribution in [0.2, 0.25) is 0 Å². The zero-order chi connectivity index (χ0) is 14.1. The van der Waals surface area contributed by atoms with Gasteiger partial charge in [-0.05, 0) is 24.3 Å². The second-order valence-corrected chi connectivity index (χ2v) is 5.27. The maximum Gasteiger partial charge on any atom is 0.328 e. The molecular formula is C12H24N2O3S. The smallest absolute Gasteiger partial charge is 0.328 e. The third kappa shape index (κ3) is 5.73. The molecule has 5 nitrogen and oxygen atoms in total. The lowest BCUT2D eigenvalue weighted by atomic mass is 9.99. The third-order valence-corrected chi connectivity index (χ3v) is 3.58. The van der Waals surface area contributed by atoms with E-state index in [1.54, 1.807) is 11.8 Å². The van der Waals surface area contributed by atoms with Crippen molar-refractivity contribution in [1.82, 2.24) is 5.32 Å². The Labute approximate surface area is 113 Å². The van der Waals surface area contributed by atoms with Gasteiger partial charge in [0.15, 0.2) is 0 Å². The average Bonchev–Trinajstić information content (AvgIpc) is 2.39. The van der Waals surface area contributed by atoms with E-state index in [1.807, 2.05) is 20.1 Å². The van der Waals surface area contributed by atoms with Gasteiger partial charge in [0, 0.05) is 0 Å². The number of methoxy groups -OCH3 is 1. The quantitative estimate of drug-likeness (QED) is 0.640. The molecule has 3 atom stereocenters. The fraction of sp³-hybridized carbons (Fsp3) is 0.833. The monoisotopic (exact) mass is 276 g/mol. The summed E-state index contributed by atoms with van der Waals surface area (Å²) in [7, 11) is 1.32. The van der Waals surface area contributed by atoms with Gasteiger partial charge >= 0.3 is 5.97 Å². The molecule has 0 heterocycles. The molecular weight excluding hydrogens is 252 g/mol. The molecule has 0 aromatic rings. The summed E-state index contributed by atoms with van der Waals surface area (Å²) in [5.74, 6) is 0.129. The number of nitrogens with two attached hydrogens (primary N) is 1. The second kappa shape index (κ2) is 9.22. The van der Waals surface area contributed by atoms with E-state index >= 15 is 0 Å². The summed E-state index contributed by atoms with van der Waals surface area (Å²) in [5.41, 5.74) is 5.76. The molecule has 0 radical (unpaired) electrons. The molecule has 0 aromatic carbocycles. The Morgan fingerprint density at radius 1 is 1.44 bits per heavy atom. The number of ether oxygens (including phenoxy) is 1. The number of esters is 1. The minimum atomic E-state index is -0.618. The number of thioether (sulfide) groups is 1. The molecule has 0 aromatic heterocycles. The Morgan fingerprint density at radius 3 is 2.50 bits per heavy atom. The van der Waals surface area contributed by atoms with Crippen molar-refractivity contribution in [2.75, 3.05) is 19.1 Å². The van der Waals surface area contributed by atoms with E-state index < -0.39 is 18.1 Å². The fourth-order valence-corrected chi connectivity index (χ4v) is 1.92. The first-order chi connectivity index (χ1) is 8.47. The summed E-state index contributed by atoms with van der Waals surface area (Å²) in [6, 6.07) is -1.19. The van der Waals surface area contributed by atoms with Crippen LogP contribution in [0.4, 0.5) is 0 Å². The predicted molar refractivity (Wildman–Crippen MR) is 74.4 cm³/mol. The number of hydrogen-bond donors (Lipinski definition) is 2. The molecule has 0 saturated carbocycles. The van der Waals surface area contributed by atoms with Crippen molar-refractivity contribution in [3.8, 4) is 0 Å². The first kappa shape index (κ1) is 17.2. The van der Waals surface area contributed by atoms with Crippen LogP contribution in [-0.4, -0.2) is 43.1 Å². The van der Waals surface area contributed by atoms with E-state index in [9.17, 15) is 9.59 Å². The lowest BCUT2D eigenvalue weighted by molar-refractivity contribution is -0.146. The van der Waals surface area contributed by atoms with Gasteiger partial charge in [-0.2, -0.15) is 11.8 Å². The van der Waals surface area contributed by atoms with E-state index in [1.165, 1.54) is 7.11 Å². The highest BCUT2D eigenvalue weighted by Gasteiger charge is 2.28. The van der Waals surface area contributed by atoms with E-state index in [-0.39, 0.29) is 11.8 Å². The minimum Gasteiger partial charge on any atom is -0.467 e. The number of amides is 1. The number of rotatable bonds is 8. The molecule has 0 bridgehead atoms. The SMILES string of the molecule is CC[C@H](C)[C@H](NC(=O)[C@@H](N)CCSC)C(=O)OC. The molecule has 0 saturated heterocycles. The largest absolute Gasteiger partial charge is 0.467 e. The fourth-order valence-electron chi connectivity index (χ4n) is 1.43. The van der Waals surface area contributed by atoms with Crippen LogP contribution in [0.5, 0.6) is 0 Å². The Balaban J connectivity index is 4.48. The summed E-state index contributed by atoms with van der Waals surface area (Å²) < 4.78 is 4.70. The molecule has 0 unspecified atom stereocenters. The van der Waals surface area contributed by atoms with Crippen LogP contribution in [0.3, 0.4) is 0 Å². The van der Waals surface area contributed by atoms with Crippen LogP contribution in [0, 0.1) is 5.92 Å². The molecule has 3 N–H and O–H groups in total. The van der Waals surface area contributed by atoms with E-state index in [2.05, 4.69) is 5.32 Å². The minimum absolute atomic E-state index is 0.0224. The zero-order valence-electron chi connectivity index (χ0n) is 11.6. The van der Waals surface area contributed by atoms with Gasteiger partial charge in [-0.3, -0.25) is 4.79 Å². The summed E-state index contributed by atoms with van der Waals surface area (Å²) in [4.78, 5) is 23.4. The Bertz CT molecular complexity index is 274. The van der Waals surface area contributed by atoms with Crippen molar-refractivity contribution in [3.05, 3.63) is 0 Å². The Kier molecular flexibility index (Phi) is 8.83. The Hall–Kier alpha value is -0.750. The van der Waals surface area contributed by atoms with E-state index in [0.29, 0.717) is 6.42 Å². The first-order valence-corrected chi connectivity index (χ1v) is 7.50. The van der Waals surface area contributed by atoms with Crippen LogP contribution < -0.4 is 11.1 Å². The normalized spacial score (nSPS) is 15.6. The van der Waals surface area contributed by atoms with Crippen LogP contribution >= 0.6 is 11.8 Å². The lowest BCUT2D eigenvalue weighted by Gasteiger charge is -2.23. The zero-order valence-corrected chi connectivity index (χ0v) is 12.4. The van der Waals surface area contributed by atoms with Gasteiger partial charge in [-0.25, -0.2) is 4.79 Å². The highest BCUT2D eigenvalue weighted by Crippen LogP contribution is 2.10. The predicted octanol–water partition coefficient (Wildman–Crippen LogP) is 0.771. The molecule has 0 rings (SSSR count). The highest BCUT2D eigenvalue weighted by molar-refractivity contribution is 7.98.